The number of hydrogen-bond acceptors (Lipinski definition) is 7. The van der Waals surface area contributed by atoms with Crippen LogP contribution in [-0.2, 0) is 18.6 Å². The van der Waals surface area contributed by atoms with E-state index in [-0.39, 0.29) is 18.0 Å². The second kappa shape index (κ2) is 7.39. The number of likely N-dealkylation sites (tertiary alicyclic amines) is 1. The Kier molecular flexibility index (Phi) is 4.82. The lowest BCUT2D eigenvalue weighted by atomic mass is 9.83. The van der Waals surface area contributed by atoms with E-state index in [4.69, 9.17) is 14.2 Å². The van der Waals surface area contributed by atoms with Gasteiger partial charge in [-0.25, -0.2) is 4.98 Å². The lowest BCUT2D eigenvalue weighted by Crippen LogP contribution is -2.35. The summed E-state index contributed by atoms with van der Waals surface area (Å²) in [5.74, 6) is 2.02. The molecular formula is C23H29N3O4. The van der Waals surface area contributed by atoms with Crippen LogP contribution in [0.4, 0.5) is 0 Å². The van der Waals surface area contributed by atoms with Crippen molar-refractivity contribution in [2.45, 2.75) is 44.4 Å². The van der Waals surface area contributed by atoms with E-state index in [1.807, 2.05) is 0 Å². The first kappa shape index (κ1) is 19.6. The Bertz CT molecular complexity index is 952. The SMILES string of the molecule is COc1ncc([C@@]2(O)CC[C@@H]3CN(Cc4ccc5c(c4)CC(C)O5)C[C@@H]32)c(OC)n1. The first-order valence-corrected chi connectivity index (χ1v) is 10.7. The molecule has 1 aliphatic carbocycles. The van der Waals surface area contributed by atoms with Gasteiger partial charge in [0.25, 0.3) is 0 Å². The fourth-order valence-corrected chi connectivity index (χ4v) is 5.58. The fourth-order valence-electron chi connectivity index (χ4n) is 5.58. The first-order chi connectivity index (χ1) is 14.5. The molecule has 0 amide bonds. The molecule has 0 spiro atoms. The second-order valence-electron chi connectivity index (χ2n) is 8.88. The molecule has 1 N–H and O–H groups in total. The van der Waals surface area contributed by atoms with Gasteiger partial charge in [-0.2, -0.15) is 4.98 Å². The zero-order chi connectivity index (χ0) is 20.9. The summed E-state index contributed by atoms with van der Waals surface area (Å²) >= 11 is 0. The van der Waals surface area contributed by atoms with Crippen molar-refractivity contribution in [3.8, 4) is 17.6 Å². The summed E-state index contributed by atoms with van der Waals surface area (Å²) in [4.78, 5) is 11.0. The van der Waals surface area contributed by atoms with E-state index in [0.717, 1.165) is 38.2 Å². The van der Waals surface area contributed by atoms with E-state index in [9.17, 15) is 5.11 Å². The van der Waals surface area contributed by atoms with Gasteiger partial charge < -0.3 is 19.3 Å². The van der Waals surface area contributed by atoms with Gasteiger partial charge in [0.1, 0.15) is 17.5 Å². The van der Waals surface area contributed by atoms with Crippen LogP contribution >= 0.6 is 0 Å². The van der Waals surface area contributed by atoms with Gasteiger partial charge in [-0.15, -0.1) is 0 Å². The third-order valence-electron chi connectivity index (χ3n) is 6.97. The summed E-state index contributed by atoms with van der Waals surface area (Å²) in [7, 11) is 3.09. The number of aromatic nitrogens is 2. The smallest absolute Gasteiger partial charge is 0.319 e. The van der Waals surface area contributed by atoms with Crippen LogP contribution in [0, 0.1) is 11.8 Å². The van der Waals surface area contributed by atoms with E-state index in [1.54, 1.807) is 13.3 Å². The van der Waals surface area contributed by atoms with Crippen molar-refractivity contribution >= 4 is 0 Å². The van der Waals surface area contributed by atoms with Crippen molar-refractivity contribution < 1.29 is 19.3 Å². The fraction of sp³-hybridized carbons (Fsp3) is 0.565. The molecule has 1 saturated carbocycles. The molecule has 1 aromatic heterocycles. The molecule has 3 heterocycles. The number of methoxy groups -OCH3 is 2. The number of ether oxygens (including phenoxy) is 3. The summed E-state index contributed by atoms with van der Waals surface area (Å²) in [6.07, 6.45) is 4.60. The zero-order valence-corrected chi connectivity index (χ0v) is 17.8. The first-order valence-electron chi connectivity index (χ1n) is 10.7. The lowest BCUT2D eigenvalue weighted by Gasteiger charge is -2.31. The Morgan fingerprint density at radius 2 is 2.13 bits per heavy atom. The number of aliphatic hydroxyl groups is 1. The molecule has 1 aromatic carbocycles. The van der Waals surface area contributed by atoms with Crippen LogP contribution in [0.1, 0.15) is 36.5 Å². The van der Waals surface area contributed by atoms with Crippen molar-refractivity contribution in [3.05, 3.63) is 41.1 Å². The van der Waals surface area contributed by atoms with Gasteiger partial charge >= 0.3 is 6.01 Å². The van der Waals surface area contributed by atoms with Crippen molar-refractivity contribution in [1.29, 1.82) is 0 Å². The Morgan fingerprint density at radius 3 is 2.93 bits per heavy atom. The third-order valence-corrected chi connectivity index (χ3v) is 6.97. The quantitative estimate of drug-likeness (QED) is 0.810. The summed E-state index contributed by atoms with van der Waals surface area (Å²) in [6, 6.07) is 6.79. The minimum Gasteiger partial charge on any atom is -0.490 e. The second-order valence-corrected chi connectivity index (χ2v) is 8.88. The molecule has 7 nitrogen and oxygen atoms in total. The third kappa shape index (κ3) is 3.20. The molecule has 2 aliphatic heterocycles. The molecule has 7 heteroatoms. The number of benzene rings is 1. The number of fused-ring (bicyclic) bond motifs is 2. The molecule has 2 aromatic rings. The van der Waals surface area contributed by atoms with Crippen LogP contribution < -0.4 is 14.2 Å². The molecular weight excluding hydrogens is 382 g/mol. The Labute approximate surface area is 177 Å². The average molecular weight is 412 g/mol. The average Bonchev–Trinajstić information content (AvgIpc) is 3.41. The summed E-state index contributed by atoms with van der Waals surface area (Å²) in [5, 5.41) is 11.7. The number of nitrogens with zero attached hydrogens (tertiary/aromatic N) is 3. The van der Waals surface area contributed by atoms with Crippen molar-refractivity contribution in [2.75, 3.05) is 27.3 Å². The van der Waals surface area contributed by atoms with Crippen molar-refractivity contribution in [3.63, 3.8) is 0 Å². The van der Waals surface area contributed by atoms with Crippen LogP contribution in [0.5, 0.6) is 17.6 Å². The molecule has 0 radical (unpaired) electrons. The molecule has 5 rings (SSSR count). The highest BCUT2D eigenvalue weighted by Crippen LogP contribution is 2.52. The largest absolute Gasteiger partial charge is 0.490 e. The lowest BCUT2D eigenvalue weighted by molar-refractivity contribution is -0.00972. The Hall–Kier alpha value is -2.38. The minimum absolute atomic E-state index is 0.140. The van der Waals surface area contributed by atoms with E-state index in [0.29, 0.717) is 23.8 Å². The van der Waals surface area contributed by atoms with Gasteiger partial charge in [0.2, 0.25) is 5.88 Å². The normalized spacial score (nSPS) is 30.1. The number of hydrogen-bond donors (Lipinski definition) is 1. The van der Waals surface area contributed by atoms with Crippen molar-refractivity contribution in [2.24, 2.45) is 11.8 Å². The summed E-state index contributed by atoms with van der Waals surface area (Å²) in [5.41, 5.74) is 2.30. The molecule has 1 unspecified atom stereocenters. The minimum atomic E-state index is -0.974. The molecule has 30 heavy (non-hydrogen) atoms. The van der Waals surface area contributed by atoms with E-state index >= 15 is 0 Å². The summed E-state index contributed by atoms with van der Waals surface area (Å²) in [6.45, 7) is 4.84. The van der Waals surface area contributed by atoms with E-state index in [2.05, 4.69) is 40.0 Å². The maximum Gasteiger partial charge on any atom is 0.319 e. The van der Waals surface area contributed by atoms with Gasteiger partial charge in [0.05, 0.1) is 19.8 Å². The topological polar surface area (TPSA) is 76.9 Å². The monoisotopic (exact) mass is 411 g/mol. The zero-order valence-electron chi connectivity index (χ0n) is 17.8. The standard InChI is InChI=1S/C23H29N3O4/c1-14-8-17-9-15(4-5-20(17)30-14)11-26-12-16-6-7-23(27,19(16)13-26)18-10-24-22(29-3)25-21(18)28-2/h4-5,9-10,14,16,19,27H,6-8,11-13H2,1-3H3/t14?,16-,19+,23+/m1/s1. The summed E-state index contributed by atoms with van der Waals surface area (Å²) < 4.78 is 16.4. The van der Waals surface area contributed by atoms with Gasteiger partial charge in [-0.3, -0.25) is 4.90 Å². The Morgan fingerprint density at radius 1 is 1.27 bits per heavy atom. The van der Waals surface area contributed by atoms with Gasteiger partial charge in [0, 0.05) is 38.2 Å². The van der Waals surface area contributed by atoms with Gasteiger partial charge in [0.15, 0.2) is 0 Å². The molecule has 1 saturated heterocycles. The van der Waals surface area contributed by atoms with Crippen molar-refractivity contribution in [1.82, 2.24) is 14.9 Å². The van der Waals surface area contributed by atoms with Gasteiger partial charge in [-0.1, -0.05) is 12.1 Å². The highest BCUT2D eigenvalue weighted by atomic mass is 16.5. The van der Waals surface area contributed by atoms with Crippen LogP contribution in [0.3, 0.4) is 0 Å². The van der Waals surface area contributed by atoms with Gasteiger partial charge in [-0.05, 0) is 42.9 Å². The maximum atomic E-state index is 11.7. The maximum absolute atomic E-state index is 11.7. The highest BCUT2D eigenvalue weighted by molar-refractivity contribution is 5.40. The number of rotatable bonds is 5. The van der Waals surface area contributed by atoms with Crippen LogP contribution in [0.15, 0.2) is 24.4 Å². The molecule has 0 bridgehead atoms. The van der Waals surface area contributed by atoms with Crippen LogP contribution in [0.2, 0.25) is 0 Å². The predicted octanol–water partition coefficient (Wildman–Crippen LogP) is 2.55. The molecule has 2 fully saturated rings. The van der Waals surface area contributed by atoms with E-state index in [1.165, 1.54) is 18.2 Å². The Balaban J connectivity index is 1.34. The van der Waals surface area contributed by atoms with Crippen LogP contribution in [-0.4, -0.2) is 53.4 Å². The molecule has 4 atom stereocenters. The predicted molar refractivity (Wildman–Crippen MR) is 111 cm³/mol. The highest BCUT2D eigenvalue weighted by Gasteiger charge is 2.53. The van der Waals surface area contributed by atoms with Crippen LogP contribution in [0.25, 0.3) is 0 Å². The van der Waals surface area contributed by atoms with E-state index < -0.39 is 5.60 Å². The molecule has 160 valence electrons. The molecule has 3 aliphatic rings.